The van der Waals surface area contributed by atoms with Crippen molar-refractivity contribution >= 4 is 0 Å². The molecule has 2 heterocycles. The molecule has 2 fully saturated rings. The number of furan rings is 1. The summed E-state index contributed by atoms with van der Waals surface area (Å²) in [6.07, 6.45) is 10.9. The number of ether oxygens (including phenoxy) is 1. The van der Waals surface area contributed by atoms with Gasteiger partial charge in [-0.2, -0.15) is 0 Å². The Labute approximate surface area is 128 Å². The van der Waals surface area contributed by atoms with Crippen LogP contribution in [0.4, 0.5) is 0 Å². The van der Waals surface area contributed by atoms with Gasteiger partial charge in [0, 0.05) is 18.2 Å². The molecule has 0 aromatic carbocycles. The highest BCUT2D eigenvalue weighted by molar-refractivity contribution is 5.18. The molecule has 1 spiro atoms. The topological polar surface area (TPSA) is 34.4 Å². The summed E-state index contributed by atoms with van der Waals surface area (Å²) in [5.74, 6) is 1.67. The van der Waals surface area contributed by atoms with Crippen molar-refractivity contribution in [3.05, 3.63) is 23.7 Å². The Morgan fingerprint density at radius 3 is 2.81 bits per heavy atom. The summed E-state index contributed by atoms with van der Waals surface area (Å²) in [5.41, 5.74) is 1.49. The first kappa shape index (κ1) is 15.1. The molecular weight excluding hydrogens is 262 g/mol. The maximum Gasteiger partial charge on any atom is 0.101 e. The van der Waals surface area contributed by atoms with Crippen molar-refractivity contribution < 1.29 is 9.15 Å². The van der Waals surface area contributed by atoms with E-state index in [-0.39, 0.29) is 5.60 Å². The Morgan fingerprint density at radius 1 is 1.33 bits per heavy atom. The second-order valence-corrected chi connectivity index (χ2v) is 6.87. The molecule has 1 N–H and O–H groups in total. The van der Waals surface area contributed by atoms with E-state index in [0.717, 1.165) is 25.3 Å². The Balaban J connectivity index is 1.75. The highest BCUT2D eigenvalue weighted by atomic mass is 16.5. The Bertz CT molecular complexity index is 442. The number of hydrogen-bond acceptors (Lipinski definition) is 3. The minimum Gasteiger partial charge on any atom is -0.469 e. The highest BCUT2D eigenvalue weighted by Crippen LogP contribution is 2.44. The van der Waals surface area contributed by atoms with E-state index in [0.29, 0.717) is 12.0 Å². The van der Waals surface area contributed by atoms with Gasteiger partial charge < -0.3 is 14.5 Å². The standard InChI is InChI=1S/C18H29NO2/c1-3-19-17(16-11-14(2)20-13-16)15-7-10-21-18(12-15)8-5-4-6-9-18/h11,13,15,17,19H,3-10,12H2,1-2H3. The monoisotopic (exact) mass is 291 g/mol. The van der Waals surface area contributed by atoms with Crippen LogP contribution in [0.25, 0.3) is 0 Å². The number of aryl methyl sites for hydroxylation is 1. The van der Waals surface area contributed by atoms with Crippen molar-refractivity contribution in [2.45, 2.75) is 70.4 Å². The lowest BCUT2D eigenvalue weighted by atomic mass is 9.73. The van der Waals surface area contributed by atoms with E-state index < -0.39 is 0 Å². The zero-order valence-corrected chi connectivity index (χ0v) is 13.5. The molecule has 1 aromatic rings. The van der Waals surface area contributed by atoms with Crippen molar-refractivity contribution in [1.29, 1.82) is 0 Å². The summed E-state index contributed by atoms with van der Waals surface area (Å²) in [4.78, 5) is 0. The van der Waals surface area contributed by atoms with E-state index in [1.165, 1.54) is 44.1 Å². The molecule has 2 unspecified atom stereocenters. The Morgan fingerprint density at radius 2 is 2.14 bits per heavy atom. The van der Waals surface area contributed by atoms with E-state index in [1.807, 2.05) is 13.2 Å². The molecule has 3 rings (SSSR count). The van der Waals surface area contributed by atoms with Gasteiger partial charge in [-0.3, -0.25) is 0 Å². The quantitative estimate of drug-likeness (QED) is 0.894. The molecule has 1 aliphatic carbocycles. The molecule has 2 aliphatic rings. The summed E-state index contributed by atoms with van der Waals surface area (Å²) in [7, 11) is 0. The van der Waals surface area contributed by atoms with Crippen LogP contribution in [0.2, 0.25) is 0 Å². The van der Waals surface area contributed by atoms with E-state index >= 15 is 0 Å². The van der Waals surface area contributed by atoms with Gasteiger partial charge in [0.1, 0.15) is 5.76 Å². The van der Waals surface area contributed by atoms with Gasteiger partial charge in [0.15, 0.2) is 0 Å². The van der Waals surface area contributed by atoms with Gasteiger partial charge in [-0.25, -0.2) is 0 Å². The molecule has 1 saturated heterocycles. The molecule has 1 aliphatic heterocycles. The van der Waals surface area contributed by atoms with Crippen LogP contribution in [0, 0.1) is 12.8 Å². The van der Waals surface area contributed by atoms with Crippen molar-refractivity contribution in [3.8, 4) is 0 Å². The Kier molecular flexibility index (Phi) is 4.70. The van der Waals surface area contributed by atoms with E-state index in [9.17, 15) is 0 Å². The third-order valence-corrected chi connectivity index (χ3v) is 5.30. The third kappa shape index (κ3) is 3.35. The third-order valence-electron chi connectivity index (χ3n) is 5.30. The molecule has 3 heteroatoms. The number of hydrogen-bond donors (Lipinski definition) is 1. The smallest absolute Gasteiger partial charge is 0.101 e. The lowest BCUT2D eigenvalue weighted by Gasteiger charge is -2.45. The van der Waals surface area contributed by atoms with Gasteiger partial charge in [-0.05, 0) is 51.1 Å². The fourth-order valence-electron chi connectivity index (χ4n) is 4.30. The summed E-state index contributed by atoms with van der Waals surface area (Å²) in [6.45, 7) is 6.14. The first-order valence-electron chi connectivity index (χ1n) is 8.65. The van der Waals surface area contributed by atoms with Gasteiger partial charge in [0.05, 0.1) is 11.9 Å². The lowest BCUT2D eigenvalue weighted by molar-refractivity contribution is -0.122. The molecular formula is C18H29NO2. The summed E-state index contributed by atoms with van der Waals surface area (Å²) < 4.78 is 11.8. The zero-order valence-electron chi connectivity index (χ0n) is 13.5. The van der Waals surface area contributed by atoms with Gasteiger partial charge in [0.25, 0.3) is 0 Å². The fraction of sp³-hybridized carbons (Fsp3) is 0.778. The molecule has 1 aromatic heterocycles. The van der Waals surface area contributed by atoms with Crippen molar-refractivity contribution in [1.82, 2.24) is 5.32 Å². The summed E-state index contributed by atoms with van der Waals surface area (Å²) in [5, 5.41) is 3.69. The van der Waals surface area contributed by atoms with E-state index in [1.54, 1.807) is 0 Å². The van der Waals surface area contributed by atoms with E-state index in [4.69, 9.17) is 9.15 Å². The largest absolute Gasteiger partial charge is 0.469 e. The second-order valence-electron chi connectivity index (χ2n) is 6.87. The van der Waals surface area contributed by atoms with Crippen LogP contribution >= 0.6 is 0 Å². The van der Waals surface area contributed by atoms with Crippen LogP contribution in [0.5, 0.6) is 0 Å². The van der Waals surface area contributed by atoms with E-state index in [2.05, 4.69) is 18.3 Å². The number of nitrogens with one attached hydrogen (secondary N) is 1. The average molecular weight is 291 g/mol. The van der Waals surface area contributed by atoms with Crippen LogP contribution in [-0.2, 0) is 4.74 Å². The van der Waals surface area contributed by atoms with Gasteiger partial charge in [0.2, 0.25) is 0 Å². The minimum absolute atomic E-state index is 0.174. The molecule has 0 radical (unpaired) electrons. The van der Waals surface area contributed by atoms with Crippen molar-refractivity contribution in [2.24, 2.45) is 5.92 Å². The summed E-state index contributed by atoms with van der Waals surface area (Å²) >= 11 is 0. The molecule has 3 nitrogen and oxygen atoms in total. The SMILES string of the molecule is CCNC(c1coc(C)c1)C1CCOC2(CCCCC2)C1. The summed E-state index contributed by atoms with van der Waals surface area (Å²) in [6, 6.07) is 2.60. The second kappa shape index (κ2) is 6.53. The maximum absolute atomic E-state index is 6.25. The maximum atomic E-state index is 6.25. The van der Waals surface area contributed by atoms with Crippen LogP contribution < -0.4 is 5.32 Å². The first-order chi connectivity index (χ1) is 10.2. The Hall–Kier alpha value is -0.800. The molecule has 0 bridgehead atoms. The van der Waals surface area contributed by atoms with Gasteiger partial charge in [-0.1, -0.05) is 26.2 Å². The van der Waals surface area contributed by atoms with Crippen LogP contribution in [-0.4, -0.2) is 18.8 Å². The first-order valence-corrected chi connectivity index (χ1v) is 8.65. The predicted octanol–water partition coefficient (Wildman–Crippen LogP) is 4.37. The van der Waals surface area contributed by atoms with Crippen LogP contribution in [0.3, 0.4) is 0 Å². The lowest BCUT2D eigenvalue weighted by Crippen LogP contribution is -2.44. The molecule has 21 heavy (non-hydrogen) atoms. The molecule has 2 atom stereocenters. The fourth-order valence-corrected chi connectivity index (χ4v) is 4.30. The van der Waals surface area contributed by atoms with Crippen LogP contribution in [0.15, 0.2) is 16.7 Å². The average Bonchev–Trinajstić information content (AvgIpc) is 2.92. The van der Waals surface area contributed by atoms with Crippen LogP contribution in [0.1, 0.15) is 69.2 Å². The van der Waals surface area contributed by atoms with Crippen molar-refractivity contribution in [3.63, 3.8) is 0 Å². The molecule has 118 valence electrons. The molecule has 0 amide bonds. The zero-order chi connectivity index (χ0) is 14.7. The van der Waals surface area contributed by atoms with Crippen molar-refractivity contribution in [2.75, 3.05) is 13.2 Å². The van der Waals surface area contributed by atoms with Gasteiger partial charge in [-0.15, -0.1) is 0 Å². The minimum atomic E-state index is 0.174. The van der Waals surface area contributed by atoms with Gasteiger partial charge >= 0.3 is 0 Å². The molecule has 1 saturated carbocycles. The number of rotatable bonds is 4. The normalized spacial score (nSPS) is 26.9. The highest BCUT2D eigenvalue weighted by Gasteiger charge is 2.41. The predicted molar refractivity (Wildman–Crippen MR) is 84.4 cm³/mol.